The van der Waals surface area contributed by atoms with Crippen LogP contribution in [0.25, 0.3) is 0 Å². The van der Waals surface area contributed by atoms with Gasteiger partial charge in [-0.1, -0.05) is 50.6 Å². The van der Waals surface area contributed by atoms with Gasteiger partial charge in [-0.2, -0.15) is 13.2 Å². The number of amides is 2. The number of halogens is 3. The molecule has 1 aromatic carbocycles. The largest absolute Gasteiger partial charge is 0.451 e. The van der Waals surface area contributed by atoms with E-state index in [-0.39, 0.29) is 16.6 Å². The molecule has 2 aromatic rings. The van der Waals surface area contributed by atoms with Gasteiger partial charge in [0.05, 0.1) is 18.1 Å². The number of nitrogens with zero attached hydrogens (tertiary/aromatic N) is 4. The third-order valence-electron chi connectivity index (χ3n) is 7.18. The number of alkyl halides is 3. The van der Waals surface area contributed by atoms with Crippen LogP contribution in [0.5, 0.6) is 0 Å². The zero-order valence-corrected chi connectivity index (χ0v) is 20.1. The molecule has 0 saturated heterocycles. The van der Waals surface area contributed by atoms with E-state index >= 15 is 0 Å². The highest BCUT2D eigenvalue weighted by molar-refractivity contribution is 5.90. The first-order valence-corrected chi connectivity index (χ1v) is 11.7. The fourth-order valence-corrected chi connectivity index (χ4v) is 4.96. The summed E-state index contributed by atoms with van der Waals surface area (Å²) in [6.45, 7) is 5.58. The van der Waals surface area contributed by atoms with Gasteiger partial charge in [-0.05, 0) is 56.7 Å². The fraction of sp³-hybridized carbons (Fsp3) is 0.560. The van der Waals surface area contributed by atoms with Gasteiger partial charge in [-0.3, -0.25) is 9.80 Å². The van der Waals surface area contributed by atoms with Crippen molar-refractivity contribution in [1.29, 1.82) is 0 Å². The van der Waals surface area contributed by atoms with Gasteiger partial charge in [-0.25, -0.2) is 14.8 Å². The average Bonchev–Trinajstić information content (AvgIpc) is 2.82. The third kappa shape index (κ3) is 5.68. The van der Waals surface area contributed by atoms with Crippen molar-refractivity contribution in [3.63, 3.8) is 0 Å². The highest BCUT2D eigenvalue weighted by Crippen LogP contribution is 2.49. The second-order valence-corrected chi connectivity index (χ2v) is 9.67. The number of carbonyl (C=O) groups is 1. The standard InChI is InChI=1S/C25H34F3N5O/c1-4-5-15-32(3)24(19-9-7-6-8-10-19)13-11-23(2,12-14-24)18-33(22(29)34)20-16-30-21(31-17-20)25(26,27)28/h6-10,16-17H,4-5,11-15,18H2,1-3H3,(H2,29,34)/t23-,24-. The van der Waals surface area contributed by atoms with E-state index in [1.165, 1.54) is 10.5 Å². The molecule has 6 nitrogen and oxygen atoms in total. The lowest BCUT2D eigenvalue weighted by molar-refractivity contribution is -0.144. The molecule has 186 valence electrons. The number of aromatic nitrogens is 2. The Balaban J connectivity index is 1.80. The summed E-state index contributed by atoms with van der Waals surface area (Å²) in [7, 11) is 2.18. The maximum absolute atomic E-state index is 12.8. The van der Waals surface area contributed by atoms with Crippen molar-refractivity contribution in [2.24, 2.45) is 11.1 Å². The van der Waals surface area contributed by atoms with Gasteiger partial charge in [0.15, 0.2) is 0 Å². The van der Waals surface area contributed by atoms with Crippen molar-refractivity contribution < 1.29 is 18.0 Å². The normalized spacial score (nSPS) is 23.1. The molecule has 2 N–H and O–H groups in total. The molecule has 1 saturated carbocycles. The zero-order valence-electron chi connectivity index (χ0n) is 20.1. The molecule has 0 aliphatic heterocycles. The number of carbonyl (C=O) groups excluding carboxylic acids is 1. The van der Waals surface area contributed by atoms with E-state index in [1.54, 1.807) is 0 Å². The number of nitrogens with two attached hydrogens (primary N) is 1. The van der Waals surface area contributed by atoms with Crippen LogP contribution in [0.3, 0.4) is 0 Å². The predicted molar refractivity (Wildman–Crippen MR) is 126 cm³/mol. The summed E-state index contributed by atoms with van der Waals surface area (Å²) in [6, 6.07) is 9.79. The first-order chi connectivity index (χ1) is 16.0. The zero-order chi connectivity index (χ0) is 25.0. The van der Waals surface area contributed by atoms with Crippen LogP contribution in [-0.2, 0) is 11.7 Å². The molecule has 0 radical (unpaired) electrons. The smallest absolute Gasteiger partial charge is 0.351 e. The molecular weight excluding hydrogens is 443 g/mol. The highest BCUT2D eigenvalue weighted by Gasteiger charge is 2.45. The number of benzene rings is 1. The van der Waals surface area contributed by atoms with Crippen LogP contribution in [0.2, 0.25) is 0 Å². The maximum Gasteiger partial charge on any atom is 0.451 e. The first kappa shape index (κ1) is 25.9. The van der Waals surface area contributed by atoms with E-state index in [0.29, 0.717) is 6.54 Å². The Morgan fingerprint density at radius 2 is 1.68 bits per heavy atom. The molecule has 1 aliphatic rings. The summed E-state index contributed by atoms with van der Waals surface area (Å²) in [5.74, 6) is -1.24. The van der Waals surface area contributed by atoms with Crippen LogP contribution in [0.1, 0.15) is 63.8 Å². The van der Waals surface area contributed by atoms with Crippen LogP contribution < -0.4 is 10.6 Å². The molecule has 34 heavy (non-hydrogen) atoms. The van der Waals surface area contributed by atoms with Crippen molar-refractivity contribution >= 4 is 11.7 Å². The number of urea groups is 1. The van der Waals surface area contributed by atoms with Crippen molar-refractivity contribution in [1.82, 2.24) is 14.9 Å². The van der Waals surface area contributed by atoms with Gasteiger partial charge in [0.2, 0.25) is 5.82 Å². The lowest BCUT2D eigenvalue weighted by Gasteiger charge is -2.51. The Labute approximate surface area is 199 Å². The lowest BCUT2D eigenvalue weighted by atomic mass is 9.65. The third-order valence-corrected chi connectivity index (χ3v) is 7.18. The minimum absolute atomic E-state index is 0.0923. The maximum atomic E-state index is 12.8. The number of hydrogen-bond acceptors (Lipinski definition) is 4. The highest BCUT2D eigenvalue weighted by atomic mass is 19.4. The fourth-order valence-electron chi connectivity index (χ4n) is 4.96. The summed E-state index contributed by atoms with van der Waals surface area (Å²) in [5, 5.41) is 0. The summed E-state index contributed by atoms with van der Waals surface area (Å²) < 4.78 is 38.5. The summed E-state index contributed by atoms with van der Waals surface area (Å²) in [6.07, 6.45) is 3.11. The Hall–Kier alpha value is -2.68. The molecule has 0 atom stereocenters. The van der Waals surface area contributed by atoms with Crippen LogP contribution >= 0.6 is 0 Å². The molecule has 1 fully saturated rings. The van der Waals surface area contributed by atoms with Crippen LogP contribution in [-0.4, -0.2) is 41.0 Å². The molecule has 0 spiro atoms. The van der Waals surface area contributed by atoms with E-state index in [1.807, 2.05) is 6.07 Å². The lowest BCUT2D eigenvalue weighted by Crippen LogP contribution is -2.51. The summed E-state index contributed by atoms with van der Waals surface area (Å²) in [4.78, 5) is 22.8. The first-order valence-electron chi connectivity index (χ1n) is 11.7. The van der Waals surface area contributed by atoms with Crippen molar-refractivity contribution in [2.45, 2.75) is 64.1 Å². The van der Waals surface area contributed by atoms with Crippen LogP contribution in [0.15, 0.2) is 42.7 Å². The average molecular weight is 478 g/mol. The molecule has 1 aromatic heterocycles. The monoisotopic (exact) mass is 477 g/mol. The Morgan fingerprint density at radius 3 is 2.18 bits per heavy atom. The van der Waals surface area contributed by atoms with Gasteiger partial charge >= 0.3 is 12.2 Å². The van der Waals surface area contributed by atoms with E-state index in [0.717, 1.165) is 57.5 Å². The quantitative estimate of drug-likeness (QED) is 0.538. The second kappa shape index (κ2) is 10.3. The van der Waals surface area contributed by atoms with E-state index in [4.69, 9.17) is 5.73 Å². The molecule has 1 aliphatic carbocycles. The number of primary amides is 1. The van der Waals surface area contributed by atoms with Crippen molar-refractivity contribution in [3.8, 4) is 0 Å². The van der Waals surface area contributed by atoms with E-state index in [9.17, 15) is 18.0 Å². The molecular formula is C25H34F3N5O. The molecule has 0 bridgehead atoms. The van der Waals surface area contributed by atoms with Gasteiger partial charge in [0.1, 0.15) is 0 Å². The second-order valence-electron chi connectivity index (χ2n) is 9.67. The SMILES string of the molecule is CCCCN(C)[C@]1(c2ccccc2)CC[C@@](C)(CN(C(N)=O)c2cnc(C(F)(F)F)nc2)CC1. The topological polar surface area (TPSA) is 75.3 Å². The number of rotatable bonds is 8. The van der Waals surface area contributed by atoms with Crippen molar-refractivity contribution in [3.05, 3.63) is 54.1 Å². The van der Waals surface area contributed by atoms with Crippen molar-refractivity contribution in [2.75, 3.05) is 25.0 Å². The molecule has 3 rings (SSSR count). The van der Waals surface area contributed by atoms with Crippen LogP contribution in [0.4, 0.5) is 23.7 Å². The molecule has 2 amide bonds. The van der Waals surface area contributed by atoms with Gasteiger partial charge in [-0.15, -0.1) is 0 Å². The molecule has 9 heteroatoms. The minimum atomic E-state index is -4.64. The Morgan fingerprint density at radius 1 is 1.09 bits per heavy atom. The number of hydrogen-bond donors (Lipinski definition) is 1. The summed E-state index contributed by atoms with van der Waals surface area (Å²) >= 11 is 0. The Kier molecular flexibility index (Phi) is 7.85. The number of unbranched alkanes of at least 4 members (excludes halogenated alkanes) is 1. The van der Waals surface area contributed by atoms with Gasteiger partial charge in [0.25, 0.3) is 0 Å². The molecule has 1 heterocycles. The van der Waals surface area contributed by atoms with E-state index in [2.05, 4.69) is 60.0 Å². The van der Waals surface area contributed by atoms with Gasteiger partial charge in [0, 0.05) is 12.1 Å². The minimum Gasteiger partial charge on any atom is -0.351 e. The van der Waals surface area contributed by atoms with Crippen LogP contribution in [0, 0.1) is 5.41 Å². The predicted octanol–water partition coefficient (Wildman–Crippen LogP) is 5.59. The number of anilines is 1. The van der Waals surface area contributed by atoms with E-state index < -0.39 is 18.0 Å². The van der Waals surface area contributed by atoms with Gasteiger partial charge < -0.3 is 5.73 Å². The summed E-state index contributed by atoms with van der Waals surface area (Å²) in [5.41, 5.74) is 6.73. The molecule has 0 unspecified atom stereocenters. The Bertz CT molecular complexity index is 941.